The Hall–Kier alpha value is -3.43. The molecule has 1 amide bonds. The summed E-state index contributed by atoms with van der Waals surface area (Å²) in [6.45, 7) is -0.0609. The lowest BCUT2D eigenvalue weighted by Crippen LogP contribution is -2.40. The molecule has 0 atom stereocenters. The van der Waals surface area contributed by atoms with E-state index in [-0.39, 0.29) is 18.0 Å². The third-order valence-corrected chi connectivity index (χ3v) is 7.28. The monoisotopic (exact) mass is 524 g/mol. The van der Waals surface area contributed by atoms with Crippen molar-refractivity contribution in [2.75, 3.05) is 10.8 Å². The molecule has 3 aromatic carbocycles. The van der Waals surface area contributed by atoms with Crippen LogP contribution in [0.5, 0.6) is 0 Å². The number of nitrogens with zero attached hydrogens (tertiary/aromatic N) is 3. The van der Waals surface area contributed by atoms with Gasteiger partial charge in [-0.2, -0.15) is 0 Å². The molecule has 1 heterocycles. The second kappa shape index (κ2) is 10.0. The number of hydrogen-bond donors (Lipinski definition) is 1. The number of aromatic nitrogens is 2. The Balaban J connectivity index is 1.49. The normalized spacial score (nSPS) is 11.2. The molecule has 1 N–H and O–H groups in total. The van der Waals surface area contributed by atoms with Gasteiger partial charge in [-0.15, -0.1) is 0 Å². The molecule has 7 nitrogen and oxygen atoms in total. The molecule has 4 aromatic rings. The van der Waals surface area contributed by atoms with Crippen LogP contribution in [0, 0.1) is 0 Å². The van der Waals surface area contributed by atoms with Crippen LogP contribution in [-0.2, 0) is 21.4 Å². The highest BCUT2D eigenvalue weighted by molar-refractivity contribution is 9.10. The highest BCUT2D eigenvalue weighted by Gasteiger charge is 2.27. The third kappa shape index (κ3) is 5.50. The summed E-state index contributed by atoms with van der Waals surface area (Å²) in [7, 11) is -3.93. The highest BCUT2D eigenvalue weighted by atomic mass is 79.9. The molecule has 4 rings (SSSR count). The molecule has 1 aromatic heterocycles. The zero-order chi connectivity index (χ0) is 23.3. The highest BCUT2D eigenvalue weighted by Crippen LogP contribution is 2.25. The number of anilines is 1. The fraction of sp³-hybridized carbons (Fsp3) is 0.0833. The maximum absolute atomic E-state index is 13.3. The van der Waals surface area contributed by atoms with Crippen LogP contribution in [0.25, 0.3) is 5.69 Å². The predicted molar refractivity (Wildman–Crippen MR) is 131 cm³/mol. The number of nitrogens with one attached hydrogen (secondary N) is 1. The second-order valence-corrected chi connectivity index (χ2v) is 9.99. The number of imidazole rings is 1. The van der Waals surface area contributed by atoms with E-state index in [1.165, 1.54) is 12.1 Å². The van der Waals surface area contributed by atoms with Crippen LogP contribution in [-0.4, -0.2) is 30.4 Å². The van der Waals surface area contributed by atoms with E-state index in [2.05, 4.69) is 26.2 Å². The van der Waals surface area contributed by atoms with E-state index in [0.717, 1.165) is 20.0 Å². The Morgan fingerprint density at radius 3 is 2.30 bits per heavy atom. The Labute approximate surface area is 200 Å². The van der Waals surface area contributed by atoms with Gasteiger partial charge >= 0.3 is 0 Å². The van der Waals surface area contributed by atoms with Gasteiger partial charge in [-0.3, -0.25) is 9.10 Å². The van der Waals surface area contributed by atoms with E-state index in [1.54, 1.807) is 55.0 Å². The van der Waals surface area contributed by atoms with E-state index in [4.69, 9.17) is 0 Å². The van der Waals surface area contributed by atoms with E-state index < -0.39 is 15.9 Å². The van der Waals surface area contributed by atoms with Crippen LogP contribution in [0.4, 0.5) is 5.69 Å². The molecular formula is C24H21BrN4O3S. The van der Waals surface area contributed by atoms with Crippen molar-refractivity contribution in [3.63, 3.8) is 0 Å². The van der Waals surface area contributed by atoms with E-state index >= 15 is 0 Å². The lowest BCUT2D eigenvalue weighted by atomic mass is 10.2. The lowest BCUT2D eigenvalue weighted by molar-refractivity contribution is -0.119. The number of carbonyl (C=O) groups excluding carboxylic acids is 1. The van der Waals surface area contributed by atoms with Crippen LogP contribution < -0.4 is 9.62 Å². The van der Waals surface area contributed by atoms with Crippen LogP contribution in [0.15, 0.2) is 107 Å². The summed E-state index contributed by atoms with van der Waals surface area (Å²) in [5.74, 6) is -0.406. The predicted octanol–water partition coefficient (Wildman–Crippen LogP) is 4.15. The van der Waals surface area contributed by atoms with Gasteiger partial charge in [0.1, 0.15) is 6.54 Å². The Morgan fingerprint density at radius 1 is 0.970 bits per heavy atom. The number of amides is 1. The molecule has 9 heteroatoms. The first kappa shape index (κ1) is 22.8. The summed E-state index contributed by atoms with van der Waals surface area (Å²) < 4.78 is 30.4. The first-order valence-corrected chi connectivity index (χ1v) is 12.3. The Morgan fingerprint density at radius 2 is 1.67 bits per heavy atom. The number of benzene rings is 3. The average molecular weight is 525 g/mol. The zero-order valence-electron chi connectivity index (χ0n) is 17.5. The van der Waals surface area contributed by atoms with Crippen molar-refractivity contribution >= 4 is 37.5 Å². The van der Waals surface area contributed by atoms with Gasteiger partial charge in [0.25, 0.3) is 10.0 Å². The van der Waals surface area contributed by atoms with Crippen LogP contribution in [0.2, 0.25) is 0 Å². The van der Waals surface area contributed by atoms with Crippen LogP contribution in [0.3, 0.4) is 0 Å². The first-order valence-electron chi connectivity index (χ1n) is 10.1. The van der Waals surface area contributed by atoms with Gasteiger partial charge in [-0.25, -0.2) is 13.4 Å². The van der Waals surface area contributed by atoms with Gasteiger partial charge in [-0.1, -0.05) is 46.3 Å². The number of sulfonamides is 1. The average Bonchev–Trinajstić information content (AvgIpc) is 3.38. The summed E-state index contributed by atoms with van der Waals surface area (Å²) in [4.78, 5) is 16.9. The van der Waals surface area contributed by atoms with E-state index in [1.807, 2.05) is 35.0 Å². The topological polar surface area (TPSA) is 84.3 Å². The summed E-state index contributed by atoms with van der Waals surface area (Å²) in [6.07, 6.45) is 5.26. The molecule has 0 aliphatic carbocycles. The summed E-state index contributed by atoms with van der Waals surface area (Å²) in [5.41, 5.74) is 2.26. The van der Waals surface area contributed by atoms with Crippen LogP contribution in [0.1, 0.15) is 5.56 Å². The van der Waals surface area contributed by atoms with Gasteiger partial charge in [0.2, 0.25) is 5.91 Å². The smallest absolute Gasteiger partial charge is 0.264 e. The van der Waals surface area contributed by atoms with Crippen molar-refractivity contribution in [1.29, 1.82) is 0 Å². The standard InChI is InChI=1S/C24H21BrN4O3S/c25-20-8-12-22(13-9-20)29(33(31,32)23-4-2-1-3-5-23)17-24(30)27-16-19-6-10-21(11-7-19)28-15-14-26-18-28/h1-15,18H,16-17H2,(H,27,30). The van der Waals surface area contributed by atoms with Gasteiger partial charge in [-0.05, 0) is 54.1 Å². The molecule has 0 saturated carbocycles. The molecule has 0 spiro atoms. The fourth-order valence-corrected chi connectivity index (χ4v) is 4.93. The first-order chi connectivity index (χ1) is 15.9. The molecule has 0 radical (unpaired) electrons. The molecule has 168 valence electrons. The summed E-state index contributed by atoms with van der Waals surface area (Å²) in [6, 6.07) is 22.5. The zero-order valence-corrected chi connectivity index (χ0v) is 19.9. The summed E-state index contributed by atoms with van der Waals surface area (Å²) in [5, 5.41) is 2.81. The number of halogens is 1. The summed E-state index contributed by atoms with van der Waals surface area (Å²) >= 11 is 3.36. The lowest BCUT2D eigenvalue weighted by Gasteiger charge is -2.24. The van der Waals surface area contributed by atoms with E-state index in [0.29, 0.717) is 5.69 Å². The van der Waals surface area contributed by atoms with Crippen molar-refractivity contribution in [2.45, 2.75) is 11.4 Å². The van der Waals surface area contributed by atoms with Crippen molar-refractivity contribution in [3.8, 4) is 5.69 Å². The minimum atomic E-state index is -3.93. The Kier molecular flexibility index (Phi) is 6.90. The molecule has 0 aliphatic heterocycles. The van der Waals surface area contributed by atoms with Gasteiger partial charge in [0.15, 0.2) is 0 Å². The second-order valence-electron chi connectivity index (χ2n) is 7.21. The molecule has 0 unspecified atom stereocenters. The third-order valence-electron chi connectivity index (χ3n) is 4.96. The minimum absolute atomic E-state index is 0.121. The quantitative estimate of drug-likeness (QED) is 0.375. The number of hydrogen-bond acceptors (Lipinski definition) is 4. The molecule has 0 saturated heterocycles. The maximum atomic E-state index is 13.3. The maximum Gasteiger partial charge on any atom is 0.264 e. The molecule has 33 heavy (non-hydrogen) atoms. The fourth-order valence-electron chi connectivity index (χ4n) is 3.23. The molecule has 0 aliphatic rings. The number of carbonyl (C=O) groups is 1. The minimum Gasteiger partial charge on any atom is -0.350 e. The van der Waals surface area contributed by atoms with Gasteiger partial charge < -0.3 is 9.88 Å². The van der Waals surface area contributed by atoms with Gasteiger partial charge in [0.05, 0.1) is 16.9 Å². The van der Waals surface area contributed by atoms with Gasteiger partial charge in [0, 0.05) is 29.1 Å². The van der Waals surface area contributed by atoms with Crippen molar-refractivity contribution in [2.24, 2.45) is 0 Å². The number of rotatable bonds is 8. The van der Waals surface area contributed by atoms with Crippen LogP contribution >= 0.6 is 15.9 Å². The SMILES string of the molecule is O=C(CN(c1ccc(Br)cc1)S(=O)(=O)c1ccccc1)NCc1ccc(-n2ccnc2)cc1. The van der Waals surface area contributed by atoms with Crippen molar-refractivity contribution in [1.82, 2.24) is 14.9 Å². The van der Waals surface area contributed by atoms with Crippen molar-refractivity contribution < 1.29 is 13.2 Å². The van der Waals surface area contributed by atoms with Crippen molar-refractivity contribution in [3.05, 3.63) is 108 Å². The molecule has 0 bridgehead atoms. The molecule has 0 fully saturated rings. The van der Waals surface area contributed by atoms with E-state index in [9.17, 15) is 13.2 Å². The molecular weight excluding hydrogens is 504 g/mol. The largest absolute Gasteiger partial charge is 0.350 e. The Bertz CT molecular complexity index is 1310.